The van der Waals surface area contributed by atoms with E-state index < -0.39 is 0 Å². The fraction of sp³-hybridized carbons (Fsp3) is 0.818. The Morgan fingerprint density at radius 2 is 1.75 bits per heavy atom. The highest BCUT2D eigenvalue weighted by molar-refractivity contribution is 4.98. The van der Waals surface area contributed by atoms with Gasteiger partial charge in [0.2, 0.25) is 0 Å². The minimum absolute atomic E-state index is 0.615. The van der Waals surface area contributed by atoms with Crippen molar-refractivity contribution in [2.45, 2.75) is 46.6 Å². The van der Waals surface area contributed by atoms with Gasteiger partial charge >= 0.3 is 0 Å². The van der Waals surface area contributed by atoms with Crippen LogP contribution in [-0.2, 0) is 0 Å². The molecule has 0 aromatic rings. The molecule has 1 unspecified atom stereocenters. The number of rotatable bonds is 5. The minimum atomic E-state index is 0.615. The molecule has 0 saturated carbocycles. The summed E-state index contributed by atoms with van der Waals surface area (Å²) in [7, 11) is 2.14. The highest BCUT2D eigenvalue weighted by Gasteiger charge is 2.12. The van der Waals surface area contributed by atoms with E-state index in [1.807, 2.05) is 0 Å². The van der Waals surface area contributed by atoms with Gasteiger partial charge in [0, 0.05) is 18.8 Å². The zero-order valence-corrected chi connectivity index (χ0v) is 9.22. The Hall–Kier alpha value is -0.460. The lowest BCUT2D eigenvalue weighted by Gasteiger charge is -2.31. The van der Waals surface area contributed by atoms with Crippen molar-refractivity contribution in [3.63, 3.8) is 0 Å². The van der Waals surface area contributed by atoms with Crippen molar-refractivity contribution in [2.75, 3.05) is 7.05 Å². The third-order valence-electron chi connectivity index (χ3n) is 2.89. The van der Waals surface area contributed by atoms with Crippen LogP contribution < -0.4 is 0 Å². The lowest BCUT2D eigenvalue weighted by molar-refractivity contribution is 0.283. The molecule has 1 nitrogen and oxygen atoms in total. The van der Waals surface area contributed by atoms with Gasteiger partial charge in [0.25, 0.3) is 0 Å². The van der Waals surface area contributed by atoms with Crippen LogP contribution in [0.2, 0.25) is 0 Å². The Labute approximate surface area is 77.5 Å². The predicted molar refractivity (Wildman–Crippen MR) is 56.1 cm³/mol. The van der Waals surface area contributed by atoms with Crippen LogP contribution in [0.1, 0.15) is 40.5 Å². The average molecular weight is 169 g/mol. The molecule has 2 atom stereocenters. The van der Waals surface area contributed by atoms with Crippen LogP contribution in [0.5, 0.6) is 0 Å². The molecule has 0 rings (SSSR count). The molecule has 0 bridgehead atoms. The Morgan fingerprint density at radius 1 is 1.25 bits per heavy atom. The third kappa shape index (κ3) is 2.88. The van der Waals surface area contributed by atoms with Crippen LogP contribution in [0.25, 0.3) is 0 Å². The molecule has 0 heterocycles. The molecule has 12 heavy (non-hydrogen) atoms. The van der Waals surface area contributed by atoms with Crippen molar-refractivity contribution in [3.8, 4) is 0 Å². The zero-order chi connectivity index (χ0) is 9.72. The number of hydrogen-bond acceptors (Lipinski definition) is 1. The first kappa shape index (κ1) is 11.5. The molecule has 72 valence electrons. The van der Waals surface area contributed by atoms with Gasteiger partial charge < -0.3 is 4.90 Å². The van der Waals surface area contributed by atoms with Crippen LogP contribution >= 0.6 is 0 Å². The van der Waals surface area contributed by atoms with Gasteiger partial charge in [-0.3, -0.25) is 0 Å². The van der Waals surface area contributed by atoms with Crippen molar-refractivity contribution < 1.29 is 0 Å². The van der Waals surface area contributed by atoms with Gasteiger partial charge in [0.1, 0.15) is 0 Å². The monoisotopic (exact) mass is 169 g/mol. The second-order valence-electron chi connectivity index (χ2n) is 3.67. The molecule has 0 radical (unpaired) electrons. The molecule has 0 aliphatic carbocycles. The first-order valence-corrected chi connectivity index (χ1v) is 4.96. The fourth-order valence-electron chi connectivity index (χ4n) is 1.14. The molecule has 1 heteroatoms. The summed E-state index contributed by atoms with van der Waals surface area (Å²) in [6, 6.07) is 0.617. The van der Waals surface area contributed by atoms with E-state index in [0.717, 1.165) is 0 Å². The van der Waals surface area contributed by atoms with Crippen molar-refractivity contribution in [1.82, 2.24) is 4.90 Å². The van der Waals surface area contributed by atoms with Crippen molar-refractivity contribution in [3.05, 3.63) is 12.3 Å². The van der Waals surface area contributed by atoms with E-state index in [4.69, 9.17) is 0 Å². The Balaban J connectivity index is 4.09. The first-order chi connectivity index (χ1) is 5.54. The maximum absolute atomic E-state index is 4.12. The first-order valence-electron chi connectivity index (χ1n) is 4.96. The van der Waals surface area contributed by atoms with E-state index in [9.17, 15) is 0 Å². The fourth-order valence-corrected chi connectivity index (χ4v) is 1.14. The lowest BCUT2D eigenvalue weighted by Crippen LogP contribution is -2.29. The summed E-state index contributed by atoms with van der Waals surface area (Å²) in [6.45, 7) is 13.0. The Morgan fingerprint density at radius 3 is 2.08 bits per heavy atom. The van der Waals surface area contributed by atoms with Gasteiger partial charge in [-0.25, -0.2) is 0 Å². The standard InChI is InChI=1S/C11H23N/c1-7-9(3)11(5)12(6)10(4)8-2/h9-10H,5,7-8H2,1-4,6H3/t9-,10?/m0/s1. The highest BCUT2D eigenvalue weighted by atomic mass is 15.1. The van der Waals surface area contributed by atoms with Crippen molar-refractivity contribution in [2.24, 2.45) is 5.92 Å². The van der Waals surface area contributed by atoms with Crippen LogP contribution in [0, 0.1) is 5.92 Å². The number of nitrogens with zero attached hydrogens (tertiary/aromatic N) is 1. The molecule has 0 amide bonds. The van der Waals surface area contributed by atoms with Gasteiger partial charge in [-0.2, -0.15) is 0 Å². The summed E-state index contributed by atoms with van der Waals surface area (Å²) in [5.41, 5.74) is 1.27. The molecule has 0 aromatic carbocycles. The van der Waals surface area contributed by atoms with Crippen molar-refractivity contribution >= 4 is 0 Å². The van der Waals surface area contributed by atoms with Crippen LogP contribution in [0.3, 0.4) is 0 Å². The molecule has 0 spiro atoms. The van der Waals surface area contributed by atoms with E-state index in [2.05, 4.69) is 46.2 Å². The maximum Gasteiger partial charge on any atom is 0.0252 e. The Bertz CT molecular complexity index is 140. The molecule has 0 aliphatic rings. The summed E-state index contributed by atoms with van der Waals surface area (Å²) in [6.07, 6.45) is 2.37. The normalized spacial score (nSPS) is 15.4. The SMILES string of the molecule is C=C([C@@H](C)CC)N(C)C(C)CC. The Kier molecular flexibility index (Phi) is 5.03. The van der Waals surface area contributed by atoms with E-state index in [-0.39, 0.29) is 0 Å². The smallest absolute Gasteiger partial charge is 0.0252 e. The summed E-state index contributed by atoms with van der Waals surface area (Å²) in [5.74, 6) is 0.615. The van der Waals surface area contributed by atoms with Gasteiger partial charge in [-0.05, 0) is 25.7 Å². The molecular formula is C11H23N. The summed E-state index contributed by atoms with van der Waals surface area (Å²) in [4.78, 5) is 2.30. The molecular weight excluding hydrogens is 146 g/mol. The van der Waals surface area contributed by atoms with E-state index in [1.54, 1.807) is 0 Å². The molecule has 0 saturated heterocycles. The molecule has 0 N–H and O–H groups in total. The van der Waals surface area contributed by atoms with E-state index >= 15 is 0 Å². The average Bonchev–Trinajstić information content (AvgIpc) is 2.12. The lowest BCUT2D eigenvalue weighted by atomic mass is 10.0. The highest BCUT2D eigenvalue weighted by Crippen LogP contribution is 2.18. The zero-order valence-electron chi connectivity index (χ0n) is 9.22. The van der Waals surface area contributed by atoms with Gasteiger partial charge in [-0.1, -0.05) is 27.4 Å². The van der Waals surface area contributed by atoms with Gasteiger partial charge in [0.05, 0.1) is 0 Å². The van der Waals surface area contributed by atoms with Gasteiger partial charge in [-0.15, -0.1) is 0 Å². The minimum Gasteiger partial charge on any atom is -0.375 e. The largest absolute Gasteiger partial charge is 0.375 e. The molecule has 0 aliphatic heterocycles. The third-order valence-corrected chi connectivity index (χ3v) is 2.89. The number of allylic oxidation sites excluding steroid dienone is 1. The predicted octanol–water partition coefficient (Wildman–Crippen LogP) is 3.28. The van der Waals surface area contributed by atoms with E-state index in [0.29, 0.717) is 12.0 Å². The van der Waals surface area contributed by atoms with Gasteiger partial charge in [0.15, 0.2) is 0 Å². The molecule has 0 aromatic heterocycles. The molecule has 0 fully saturated rings. The summed E-state index contributed by atoms with van der Waals surface area (Å²) >= 11 is 0. The van der Waals surface area contributed by atoms with Crippen LogP contribution in [0.4, 0.5) is 0 Å². The quantitative estimate of drug-likeness (QED) is 0.610. The second kappa shape index (κ2) is 5.23. The number of hydrogen-bond donors (Lipinski definition) is 0. The van der Waals surface area contributed by atoms with Crippen molar-refractivity contribution in [1.29, 1.82) is 0 Å². The second-order valence-corrected chi connectivity index (χ2v) is 3.67. The van der Waals surface area contributed by atoms with Crippen LogP contribution in [0.15, 0.2) is 12.3 Å². The maximum atomic E-state index is 4.12. The topological polar surface area (TPSA) is 3.24 Å². The van der Waals surface area contributed by atoms with E-state index in [1.165, 1.54) is 18.5 Å². The van der Waals surface area contributed by atoms with Crippen LogP contribution in [-0.4, -0.2) is 18.0 Å². The summed E-state index contributed by atoms with van der Waals surface area (Å²) in [5, 5.41) is 0. The summed E-state index contributed by atoms with van der Waals surface area (Å²) < 4.78 is 0.